The fourth-order valence-electron chi connectivity index (χ4n) is 2.53. The maximum atomic E-state index is 10.5. The zero-order valence-corrected chi connectivity index (χ0v) is 8.88. The van der Waals surface area contributed by atoms with Crippen LogP contribution in [0.5, 0.6) is 0 Å². The van der Waals surface area contributed by atoms with E-state index < -0.39 is 5.97 Å². The molecule has 0 unspecified atom stereocenters. The van der Waals surface area contributed by atoms with E-state index in [4.69, 9.17) is 0 Å². The molecule has 11 heavy (non-hydrogen) atoms. The summed E-state index contributed by atoms with van der Waals surface area (Å²) in [6.45, 7) is 0. The zero-order valence-electron chi connectivity index (χ0n) is 6.88. The van der Waals surface area contributed by atoms with E-state index in [1.54, 1.807) is 0 Å². The summed E-state index contributed by atoms with van der Waals surface area (Å²) in [6.07, 6.45) is 4.43. The minimum absolute atomic E-state index is 0. The zero-order chi connectivity index (χ0) is 7.14. The van der Waals surface area contributed by atoms with Gasteiger partial charge >= 0.3 is 29.6 Å². The molecular weight excluding hydrogens is 151 g/mol. The Bertz CT molecular complexity index is 169. The van der Waals surface area contributed by atoms with Crippen LogP contribution in [0.25, 0.3) is 0 Å². The molecule has 0 saturated heterocycles. The Morgan fingerprint density at radius 3 is 2.27 bits per heavy atom. The molecule has 2 fully saturated rings. The summed E-state index contributed by atoms with van der Waals surface area (Å²) in [5, 5.41) is 10.5. The number of hydrogen-bond acceptors (Lipinski definition) is 2. The Labute approximate surface area is 88.7 Å². The summed E-state index contributed by atoms with van der Waals surface area (Å²) < 4.78 is 0. The summed E-state index contributed by atoms with van der Waals surface area (Å²) in [4.78, 5) is 10.5. The third-order valence-corrected chi connectivity index (χ3v) is 3.04. The summed E-state index contributed by atoms with van der Waals surface area (Å²) in [7, 11) is 0. The fourth-order valence-corrected chi connectivity index (χ4v) is 2.53. The van der Waals surface area contributed by atoms with Gasteiger partial charge in [-0.15, -0.1) is 0 Å². The topological polar surface area (TPSA) is 40.1 Å². The predicted octanol–water partition coefficient (Wildman–Crippen LogP) is -2.82. The van der Waals surface area contributed by atoms with Crippen molar-refractivity contribution in [1.82, 2.24) is 0 Å². The molecule has 0 aromatic carbocycles. The third kappa shape index (κ3) is 1.63. The normalized spacial score (nSPS) is 40.2. The second-order valence-electron chi connectivity index (χ2n) is 3.60. The molecule has 0 aromatic rings. The van der Waals surface area contributed by atoms with Gasteiger partial charge in [-0.2, -0.15) is 0 Å². The van der Waals surface area contributed by atoms with Crippen molar-refractivity contribution in [3.8, 4) is 0 Å². The smallest absolute Gasteiger partial charge is 0.550 e. The van der Waals surface area contributed by atoms with Crippen LogP contribution in [0.1, 0.15) is 25.7 Å². The third-order valence-electron chi connectivity index (χ3n) is 3.04. The average Bonchev–Trinajstić information content (AvgIpc) is 2.44. The fraction of sp³-hybridized carbons (Fsp3) is 0.875. The van der Waals surface area contributed by atoms with Crippen molar-refractivity contribution in [1.29, 1.82) is 0 Å². The Morgan fingerprint density at radius 2 is 2.00 bits per heavy atom. The number of aliphatic carboxylic acids is 1. The van der Waals surface area contributed by atoms with Gasteiger partial charge in [0.1, 0.15) is 0 Å². The van der Waals surface area contributed by atoms with Crippen LogP contribution >= 0.6 is 0 Å². The van der Waals surface area contributed by atoms with E-state index in [1.165, 1.54) is 6.42 Å². The first kappa shape index (κ1) is 9.56. The van der Waals surface area contributed by atoms with Crippen LogP contribution < -0.4 is 34.7 Å². The second-order valence-corrected chi connectivity index (χ2v) is 3.60. The molecule has 2 nitrogen and oxygen atoms in total. The standard InChI is InChI=1S/C8H12O2.Na/c9-8(10)7-4-5-1-2-6(7)3-5;/h5-7H,1-4H2,(H,9,10);/q;+1/p-1/t5-,6+,7+;/m0./s1. The summed E-state index contributed by atoms with van der Waals surface area (Å²) in [5.41, 5.74) is 0. The first-order chi connectivity index (χ1) is 4.77. The Balaban J connectivity index is 0.000000605. The largest absolute Gasteiger partial charge is 1.00 e. The molecule has 0 N–H and O–H groups in total. The van der Waals surface area contributed by atoms with Crippen LogP contribution in [-0.4, -0.2) is 5.97 Å². The molecular formula is C8H11NaO2. The van der Waals surface area contributed by atoms with Crippen molar-refractivity contribution in [2.24, 2.45) is 17.8 Å². The molecule has 0 amide bonds. The predicted molar refractivity (Wildman–Crippen MR) is 33.9 cm³/mol. The molecule has 0 heterocycles. The van der Waals surface area contributed by atoms with Crippen molar-refractivity contribution in [2.45, 2.75) is 25.7 Å². The van der Waals surface area contributed by atoms with Crippen LogP contribution in [-0.2, 0) is 4.79 Å². The summed E-state index contributed by atoms with van der Waals surface area (Å²) in [5.74, 6) is 0.272. The molecule has 3 heteroatoms. The minimum atomic E-state index is -0.813. The Morgan fingerprint density at radius 1 is 1.27 bits per heavy atom. The van der Waals surface area contributed by atoms with E-state index in [0.29, 0.717) is 11.8 Å². The van der Waals surface area contributed by atoms with E-state index in [1.807, 2.05) is 0 Å². The summed E-state index contributed by atoms with van der Waals surface area (Å²) >= 11 is 0. The van der Waals surface area contributed by atoms with Gasteiger partial charge in [0, 0.05) is 11.9 Å². The molecule has 3 atom stereocenters. The monoisotopic (exact) mass is 162 g/mol. The van der Waals surface area contributed by atoms with Crippen molar-refractivity contribution in [3.05, 3.63) is 0 Å². The SMILES string of the molecule is O=C([O-])[C@@H]1C[C@H]2CC[C@@H]1C2.[Na+]. The van der Waals surface area contributed by atoms with E-state index in [9.17, 15) is 9.90 Å². The Kier molecular flexibility index (Phi) is 3.01. The second kappa shape index (κ2) is 3.46. The van der Waals surface area contributed by atoms with Gasteiger partial charge in [0.15, 0.2) is 0 Å². The van der Waals surface area contributed by atoms with Crippen molar-refractivity contribution in [3.63, 3.8) is 0 Å². The number of carboxylic acid groups (broad SMARTS) is 1. The maximum Gasteiger partial charge on any atom is 1.00 e. The van der Waals surface area contributed by atoms with Crippen molar-refractivity contribution >= 4 is 5.97 Å². The number of carboxylic acids is 1. The van der Waals surface area contributed by atoms with Gasteiger partial charge in [-0.25, -0.2) is 0 Å². The van der Waals surface area contributed by atoms with Crippen molar-refractivity contribution < 1.29 is 39.5 Å². The van der Waals surface area contributed by atoms with Gasteiger partial charge in [-0.3, -0.25) is 0 Å². The molecule has 2 rings (SSSR count). The van der Waals surface area contributed by atoms with E-state index in [2.05, 4.69) is 0 Å². The van der Waals surface area contributed by atoms with Gasteiger partial charge in [-0.05, 0) is 31.1 Å². The first-order valence-corrected chi connectivity index (χ1v) is 3.98. The van der Waals surface area contributed by atoms with Crippen LogP contribution in [0.3, 0.4) is 0 Å². The van der Waals surface area contributed by atoms with Gasteiger partial charge in [-0.1, -0.05) is 6.42 Å². The molecule has 0 aliphatic heterocycles. The van der Waals surface area contributed by atoms with Crippen LogP contribution in [0.15, 0.2) is 0 Å². The van der Waals surface area contributed by atoms with Crippen LogP contribution in [0.4, 0.5) is 0 Å². The van der Waals surface area contributed by atoms with Gasteiger partial charge < -0.3 is 9.90 Å². The minimum Gasteiger partial charge on any atom is -0.550 e. The number of carbonyl (C=O) groups is 1. The molecule has 2 aliphatic rings. The van der Waals surface area contributed by atoms with Crippen LogP contribution in [0.2, 0.25) is 0 Å². The number of carbonyl (C=O) groups excluding carboxylic acids is 1. The van der Waals surface area contributed by atoms with Crippen molar-refractivity contribution in [2.75, 3.05) is 0 Å². The molecule has 2 aliphatic carbocycles. The van der Waals surface area contributed by atoms with Gasteiger partial charge in [0.25, 0.3) is 0 Å². The average molecular weight is 162 g/mol. The molecule has 2 saturated carbocycles. The molecule has 2 bridgehead atoms. The maximum absolute atomic E-state index is 10.5. The van der Waals surface area contributed by atoms with E-state index >= 15 is 0 Å². The Hall–Kier alpha value is 0.470. The van der Waals surface area contributed by atoms with Crippen LogP contribution in [0, 0.1) is 17.8 Å². The number of rotatable bonds is 1. The molecule has 0 radical (unpaired) electrons. The number of fused-ring (bicyclic) bond motifs is 2. The molecule has 0 spiro atoms. The van der Waals surface area contributed by atoms with E-state index in [0.717, 1.165) is 19.3 Å². The molecule has 0 aromatic heterocycles. The first-order valence-electron chi connectivity index (χ1n) is 3.98. The van der Waals surface area contributed by atoms with E-state index in [-0.39, 0.29) is 35.5 Å². The quantitative estimate of drug-likeness (QED) is 0.390. The van der Waals surface area contributed by atoms with Gasteiger partial charge in [0.2, 0.25) is 0 Å². The number of hydrogen-bond donors (Lipinski definition) is 0. The molecule has 56 valence electrons. The van der Waals surface area contributed by atoms with Gasteiger partial charge in [0.05, 0.1) is 0 Å². The summed E-state index contributed by atoms with van der Waals surface area (Å²) in [6, 6.07) is 0.